The van der Waals surface area contributed by atoms with Crippen LogP contribution in [0, 0.1) is 5.92 Å². The van der Waals surface area contributed by atoms with E-state index in [0.29, 0.717) is 29.8 Å². The molecule has 6 nitrogen and oxygen atoms in total. The number of nitrogens with zero attached hydrogens (tertiary/aromatic N) is 1. The highest BCUT2D eigenvalue weighted by molar-refractivity contribution is 6.04. The predicted molar refractivity (Wildman–Crippen MR) is 142 cm³/mol. The minimum atomic E-state index is -0.855. The number of ether oxygens (including phenoxy) is 1. The molecule has 2 N–H and O–H groups in total. The third-order valence-electron chi connectivity index (χ3n) is 6.47. The molecule has 186 valence electrons. The Bertz CT molecular complexity index is 1190. The molecular weight excluding hydrogens is 440 g/mol. The average molecular weight is 477 g/mol. The SMILES string of the molecule is CCCC(C)C(C)n1ccc2cc(/C(C)=C/C(=O)Nc3ccccc3OCCCC(=O)O)ccc21. The molecule has 0 aliphatic heterocycles. The van der Waals surface area contributed by atoms with E-state index in [4.69, 9.17) is 9.84 Å². The molecule has 0 bridgehead atoms. The van der Waals surface area contributed by atoms with Crippen LogP contribution in [0.5, 0.6) is 5.75 Å². The maximum absolute atomic E-state index is 12.7. The number of aliphatic carboxylic acids is 1. The van der Waals surface area contributed by atoms with Gasteiger partial charge in [0.1, 0.15) is 5.75 Å². The molecule has 1 heterocycles. The predicted octanol–water partition coefficient (Wildman–Crippen LogP) is 6.92. The number of amides is 1. The van der Waals surface area contributed by atoms with Gasteiger partial charge in [-0.15, -0.1) is 0 Å². The number of fused-ring (bicyclic) bond motifs is 1. The molecule has 1 aromatic heterocycles. The molecule has 0 aliphatic rings. The van der Waals surface area contributed by atoms with Crippen molar-refractivity contribution < 1.29 is 19.4 Å². The fourth-order valence-corrected chi connectivity index (χ4v) is 4.29. The molecule has 35 heavy (non-hydrogen) atoms. The molecule has 0 radical (unpaired) electrons. The number of allylic oxidation sites excluding steroid dienone is 1. The van der Waals surface area contributed by atoms with Gasteiger partial charge in [-0.05, 0) is 74.1 Å². The highest BCUT2D eigenvalue weighted by Gasteiger charge is 2.15. The summed E-state index contributed by atoms with van der Waals surface area (Å²) in [6.07, 6.45) is 6.57. The number of carboxylic acid groups (broad SMARTS) is 1. The van der Waals surface area contributed by atoms with E-state index >= 15 is 0 Å². The first-order chi connectivity index (χ1) is 16.8. The fourth-order valence-electron chi connectivity index (χ4n) is 4.29. The van der Waals surface area contributed by atoms with Crippen LogP contribution in [0.25, 0.3) is 16.5 Å². The molecule has 2 aromatic carbocycles. The molecular formula is C29H36N2O4. The molecule has 2 atom stereocenters. The van der Waals surface area contributed by atoms with Gasteiger partial charge in [-0.25, -0.2) is 0 Å². The number of anilines is 1. The Hall–Kier alpha value is -3.54. The number of rotatable bonds is 12. The lowest BCUT2D eigenvalue weighted by atomic mass is 9.98. The third-order valence-corrected chi connectivity index (χ3v) is 6.47. The second-order valence-electron chi connectivity index (χ2n) is 9.16. The lowest BCUT2D eigenvalue weighted by molar-refractivity contribution is -0.137. The summed E-state index contributed by atoms with van der Waals surface area (Å²) in [5, 5.41) is 12.8. The summed E-state index contributed by atoms with van der Waals surface area (Å²) in [5.74, 6) is 0.0194. The van der Waals surface area contributed by atoms with E-state index < -0.39 is 5.97 Å². The highest BCUT2D eigenvalue weighted by Crippen LogP contribution is 2.29. The van der Waals surface area contributed by atoms with Gasteiger partial charge in [0, 0.05) is 35.6 Å². The van der Waals surface area contributed by atoms with Crippen molar-refractivity contribution in [1.82, 2.24) is 4.57 Å². The van der Waals surface area contributed by atoms with Crippen LogP contribution in [0.3, 0.4) is 0 Å². The van der Waals surface area contributed by atoms with E-state index in [1.165, 1.54) is 18.4 Å². The first kappa shape index (κ1) is 26.1. The van der Waals surface area contributed by atoms with Crippen molar-refractivity contribution in [3.63, 3.8) is 0 Å². The summed E-state index contributed by atoms with van der Waals surface area (Å²) < 4.78 is 8.02. The lowest BCUT2D eigenvalue weighted by Gasteiger charge is -2.22. The molecule has 1 amide bonds. The third kappa shape index (κ3) is 6.98. The van der Waals surface area contributed by atoms with Crippen LogP contribution in [0.15, 0.2) is 60.8 Å². The van der Waals surface area contributed by atoms with Gasteiger partial charge in [0.15, 0.2) is 0 Å². The smallest absolute Gasteiger partial charge is 0.303 e. The molecule has 2 unspecified atom stereocenters. The Balaban J connectivity index is 1.70. The number of carboxylic acids is 1. The normalized spacial score (nSPS) is 13.4. The zero-order chi connectivity index (χ0) is 25.4. The van der Waals surface area contributed by atoms with E-state index in [9.17, 15) is 9.59 Å². The highest BCUT2D eigenvalue weighted by atomic mass is 16.5. The quantitative estimate of drug-likeness (QED) is 0.219. The standard InChI is InChI=1S/C29H36N2O4/c1-5-9-20(2)22(4)31-16-15-24-19-23(13-14-26(24)31)21(3)18-28(32)30-25-10-6-7-11-27(25)35-17-8-12-29(33)34/h6-7,10-11,13-16,18-20,22H,5,8-9,12,17H2,1-4H3,(H,30,32)(H,33,34)/b21-18+. The van der Waals surface area contributed by atoms with Crippen molar-refractivity contribution in [3.8, 4) is 5.75 Å². The van der Waals surface area contributed by atoms with E-state index in [2.05, 4.69) is 61.1 Å². The molecule has 0 saturated carbocycles. The summed E-state index contributed by atoms with van der Waals surface area (Å²) in [4.78, 5) is 23.4. The molecule has 0 spiro atoms. The van der Waals surface area contributed by atoms with Crippen molar-refractivity contribution in [3.05, 3.63) is 66.4 Å². The second-order valence-corrected chi connectivity index (χ2v) is 9.16. The minimum absolute atomic E-state index is 0.0425. The van der Waals surface area contributed by atoms with Gasteiger partial charge < -0.3 is 19.7 Å². The van der Waals surface area contributed by atoms with Crippen LogP contribution in [0.1, 0.15) is 65.0 Å². The first-order valence-corrected chi connectivity index (χ1v) is 12.3. The van der Waals surface area contributed by atoms with Gasteiger partial charge in [-0.3, -0.25) is 9.59 Å². The number of para-hydroxylation sites is 2. The Morgan fingerprint density at radius 3 is 2.66 bits per heavy atom. The van der Waals surface area contributed by atoms with E-state index in [1.54, 1.807) is 18.2 Å². The van der Waals surface area contributed by atoms with Crippen molar-refractivity contribution in [2.45, 2.75) is 59.4 Å². The molecule has 6 heteroatoms. The first-order valence-electron chi connectivity index (χ1n) is 12.3. The lowest BCUT2D eigenvalue weighted by Crippen LogP contribution is -2.13. The van der Waals surface area contributed by atoms with Crippen molar-refractivity contribution in [1.29, 1.82) is 0 Å². The zero-order valence-corrected chi connectivity index (χ0v) is 21.1. The Labute approximate surface area is 207 Å². The number of hydrogen-bond donors (Lipinski definition) is 2. The summed E-state index contributed by atoms with van der Waals surface area (Å²) in [7, 11) is 0. The zero-order valence-electron chi connectivity index (χ0n) is 21.1. The van der Waals surface area contributed by atoms with Crippen molar-refractivity contribution >= 4 is 34.0 Å². The molecule has 0 aliphatic carbocycles. The van der Waals surface area contributed by atoms with Gasteiger partial charge in [0.25, 0.3) is 0 Å². The average Bonchev–Trinajstić information content (AvgIpc) is 3.25. The summed E-state index contributed by atoms with van der Waals surface area (Å²) in [5.41, 5.74) is 3.62. The topological polar surface area (TPSA) is 80.6 Å². The maximum Gasteiger partial charge on any atom is 0.303 e. The summed E-state index contributed by atoms with van der Waals surface area (Å²) in [6, 6.07) is 16.0. The number of carbonyl (C=O) groups excluding carboxylic acids is 1. The van der Waals surface area contributed by atoms with Crippen LogP contribution in [-0.4, -0.2) is 28.2 Å². The number of aromatic nitrogens is 1. The van der Waals surface area contributed by atoms with Crippen LogP contribution < -0.4 is 10.1 Å². The van der Waals surface area contributed by atoms with E-state index in [1.807, 2.05) is 19.1 Å². The van der Waals surface area contributed by atoms with Gasteiger partial charge in [-0.2, -0.15) is 0 Å². The minimum Gasteiger partial charge on any atom is -0.491 e. The van der Waals surface area contributed by atoms with Gasteiger partial charge in [-0.1, -0.05) is 38.5 Å². The largest absolute Gasteiger partial charge is 0.491 e. The Morgan fingerprint density at radius 1 is 1.14 bits per heavy atom. The molecule has 3 aromatic rings. The van der Waals surface area contributed by atoms with Gasteiger partial charge in [0.2, 0.25) is 5.91 Å². The second kappa shape index (κ2) is 12.2. The molecule has 3 rings (SSSR count). The number of carbonyl (C=O) groups is 2. The van der Waals surface area contributed by atoms with E-state index in [-0.39, 0.29) is 18.9 Å². The number of nitrogens with one attached hydrogen (secondary N) is 1. The van der Waals surface area contributed by atoms with E-state index in [0.717, 1.165) is 16.5 Å². The van der Waals surface area contributed by atoms with Crippen LogP contribution in [-0.2, 0) is 9.59 Å². The van der Waals surface area contributed by atoms with Gasteiger partial charge in [0.05, 0.1) is 12.3 Å². The molecule has 0 saturated heterocycles. The monoisotopic (exact) mass is 476 g/mol. The van der Waals surface area contributed by atoms with Crippen LogP contribution >= 0.6 is 0 Å². The van der Waals surface area contributed by atoms with Crippen molar-refractivity contribution in [2.24, 2.45) is 5.92 Å². The summed E-state index contributed by atoms with van der Waals surface area (Å²) in [6.45, 7) is 9.00. The van der Waals surface area contributed by atoms with Crippen LogP contribution in [0.2, 0.25) is 0 Å². The van der Waals surface area contributed by atoms with Crippen LogP contribution in [0.4, 0.5) is 5.69 Å². The molecule has 0 fully saturated rings. The number of benzene rings is 2. The van der Waals surface area contributed by atoms with Gasteiger partial charge >= 0.3 is 5.97 Å². The number of hydrogen-bond acceptors (Lipinski definition) is 3. The summed E-state index contributed by atoms with van der Waals surface area (Å²) >= 11 is 0. The Kier molecular flexibility index (Phi) is 9.12. The fraction of sp³-hybridized carbons (Fsp3) is 0.379. The van der Waals surface area contributed by atoms with Crippen molar-refractivity contribution in [2.75, 3.05) is 11.9 Å². The maximum atomic E-state index is 12.7. The Morgan fingerprint density at radius 2 is 1.91 bits per heavy atom.